The number of benzene rings is 3. The number of anilines is 1. The molecule has 2 N–H and O–H groups in total. The fraction of sp³-hybridized carbons (Fsp3) is 0.390. The molecular weight excluding hydrogens is 771 g/mol. The Bertz CT molecular complexity index is 2060. The molecule has 0 amide bonds. The van der Waals surface area contributed by atoms with Gasteiger partial charge in [0.1, 0.15) is 21.9 Å². The number of ether oxygens (including phenoxy) is 4. The van der Waals surface area contributed by atoms with Crippen LogP contribution >= 0.6 is 23.2 Å². The van der Waals surface area contributed by atoms with Crippen molar-refractivity contribution in [3.63, 3.8) is 0 Å². The highest BCUT2D eigenvalue weighted by Gasteiger charge is 2.39. The topological polar surface area (TPSA) is 134 Å². The van der Waals surface area contributed by atoms with E-state index in [1.54, 1.807) is 42.5 Å². The molecule has 56 heavy (non-hydrogen) atoms. The SMILES string of the molecule is COc1ccccc1C(Nc1ccc(C(=O)O)c([C@@H](Cc2c(Cl)c[n+]([O-])cc2Cl)c2ccc(OC(F)F)c(OCC3CC3)c2)c1)C(=O)O[C@H]1CN2CCC1CC2. The molecule has 1 aromatic heterocycles. The molecule has 2 bridgehead atoms. The number of rotatable bonds is 16. The lowest BCUT2D eigenvalue weighted by Gasteiger charge is -2.44. The molecular formula is C41H41Cl2F2N3O8. The van der Waals surface area contributed by atoms with Crippen LogP contribution in [0.15, 0.2) is 73.1 Å². The fourth-order valence-corrected chi connectivity index (χ4v) is 8.21. The Hall–Kier alpha value is -4.85. The van der Waals surface area contributed by atoms with E-state index >= 15 is 0 Å². The summed E-state index contributed by atoms with van der Waals surface area (Å²) in [5, 5.41) is 26.1. The molecule has 4 aromatic rings. The number of aromatic nitrogens is 1. The van der Waals surface area contributed by atoms with Gasteiger partial charge in [-0.25, -0.2) is 9.59 Å². The highest BCUT2D eigenvalue weighted by molar-refractivity contribution is 6.35. The Morgan fingerprint density at radius 1 is 0.964 bits per heavy atom. The maximum absolute atomic E-state index is 14.2. The third-order valence-corrected chi connectivity index (χ3v) is 11.4. The predicted molar refractivity (Wildman–Crippen MR) is 204 cm³/mol. The monoisotopic (exact) mass is 811 g/mol. The van der Waals surface area contributed by atoms with Crippen molar-refractivity contribution in [1.29, 1.82) is 0 Å². The van der Waals surface area contributed by atoms with Crippen LogP contribution in [0, 0.1) is 17.0 Å². The van der Waals surface area contributed by atoms with E-state index in [1.165, 1.54) is 25.3 Å². The summed E-state index contributed by atoms with van der Waals surface area (Å²) >= 11 is 13.1. The molecule has 15 heteroatoms. The minimum Gasteiger partial charge on any atom is -0.619 e. The molecule has 296 valence electrons. The van der Waals surface area contributed by atoms with Crippen molar-refractivity contribution in [3.8, 4) is 17.2 Å². The normalized spacial score (nSPS) is 19.9. The van der Waals surface area contributed by atoms with E-state index in [9.17, 15) is 28.7 Å². The number of piperidine rings is 3. The lowest BCUT2D eigenvalue weighted by atomic mass is 9.83. The summed E-state index contributed by atoms with van der Waals surface area (Å²) in [5.74, 6) is -1.75. The average Bonchev–Trinajstić information content (AvgIpc) is 4.01. The lowest BCUT2D eigenvalue weighted by molar-refractivity contribution is -0.605. The number of alkyl halides is 2. The summed E-state index contributed by atoms with van der Waals surface area (Å²) in [6.45, 7) is -0.236. The number of hydrogen-bond acceptors (Lipinski definition) is 9. The molecule has 4 fully saturated rings. The number of carboxylic acids is 1. The molecule has 4 aliphatic rings. The second-order valence-electron chi connectivity index (χ2n) is 14.4. The quantitative estimate of drug-likeness (QED) is 0.0654. The van der Waals surface area contributed by atoms with Crippen molar-refractivity contribution >= 4 is 40.8 Å². The number of fused-ring (bicyclic) bond motifs is 3. The zero-order valence-corrected chi connectivity index (χ0v) is 32.0. The standard InChI is InChI=1S/C41H41Cl2F2N3O8/c1-53-34-5-3-2-4-28(34)38(40(51)55-37-21-47-14-12-24(37)13-15-47)46-26-9-10-27(39(49)50)30(17-26)29(18-31-32(42)19-48(52)20-33(31)43)25-8-11-35(56-41(44)45)36(16-25)54-22-23-6-7-23/h2-5,8-11,16-17,19-20,23-24,29,37-38,41,46H,6-7,12-15,18,21-22H2,1H3,(H,49,50)/t29-,37-,38?/m0/s1. The van der Waals surface area contributed by atoms with Crippen molar-refractivity contribution in [2.24, 2.45) is 11.8 Å². The Labute approximate surface area is 332 Å². The highest BCUT2D eigenvalue weighted by atomic mass is 35.5. The van der Waals surface area contributed by atoms with E-state index < -0.39 is 30.5 Å². The van der Waals surface area contributed by atoms with Gasteiger partial charge in [0.25, 0.3) is 0 Å². The van der Waals surface area contributed by atoms with Gasteiger partial charge in [0, 0.05) is 29.3 Å². The first-order valence-corrected chi connectivity index (χ1v) is 19.2. The second-order valence-corrected chi connectivity index (χ2v) is 15.2. The van der Waals surface area contributed by atoms with Crippen LogP contribution in [0.25, 0.3) is 0 Å². The number of para-hydroxylation sites is 1. The third-order valence-electron chi connectivity index (χ3n) is 10.7. The van der Waals surface area contributed by atoms with Crippen molar-refractivity contribution in [2.75, 3.05) is 38.7 Å². The van der Waals surface area contributed by atoms with Gasteiger partial charge in [-0.1, -0.05) is 47.5 Å². The van der Waals surface area contributed by atoms with Gasteiger partial charge in [-0.05, 0) is 105 Å². The summed E-state index contributed by atoms with van der Waals surface area (Å²) in [6.07, 6.45) is 5.76. The molecule has 1 saturated carbocycles. The van der Waals surface area contributed by atoms with E-state index in [0.29, 0.717) is 39.4 Å². The molecule has 1 unspecified atom stereocenters. The average molecular weight is 813 g/mol. The Morgan fingerprint density at radius 2 is 1.70 bits per heavy atom. The maximum atomic E-state index is 14.2. The molecule has 8 rings (SSSR count). The van der Waals surface area contributed by atoms with Crippen molar-refractivity contribution in [3.05, 3.63) is 116 Å². The van der Waals surface area contributed by atoms with Gasteiger partial charge in [0.05, 0.1) is 19.3 Å². The van der Waals surface area contributed by atoms with Gasteiger partial charge >= 0.3 is 18.6 Å². The molecule has 0 spiro atoms. The number of carbonyl (C=O) groups is 2. The van der Waals surface area contributed by atoms with Crippen LogP contribution in [0.3, 0.4) is 0 Å². The number of hydrogen-bond donors (Lipinski definition) is 2. The molecule has 0 radical (unpaired) electrons. The Kier molecular flexibility index (Phi) is 12.0. The Balaban J connectivity index is 1.31. The van der Waals surface area contributed by atoms with E-state index in [0.717, 1.165) is 51.2 Å². The van der Waals surface area contributed by atoms with Crippen LogP contribution in [-0.4, -0.2) is 68.0 Å². The van der Waals surface area contributed by atoms with Gasteiger partial charge in [-0.2, -0.15) is 13.5 Å². The number of nitrogens with zero attached hydrogens (tertiary/aromatic N) is 2. The zero-order valence-electron chi connectivity index (χ0n) is 30.5. The second kappa shape index (κ2) is 17.1. The lowest BCUT2D eigenvalue weighted by Crippen LogP contribution is -2.52. The number of pyridine rings is 1. The van der Waals surface area contributed by atoms with E-state index in [2.05, 4.69) is 10.2 Å². The number of methoxy groups -OCH3 is 1. The van der Waals surface area contributed by atoms with Crippen molar-refractivity contribution in [1.82, 2.24) is 4.90 Å². The highest BCUT2D eigenvalue weighted by Crippen LogP contribution is 2.42. The summed E-state index contributed by atoms with van der Waals surface area (Å²) in [5.41, 5.74) is 1.89. The fourth-order valence-electron chi connectivity index (χ4n) is 7.61. The number of aromatic carboxylic acids is 1. The van der Waals surface area contributed by atoms with E-state index in [1.807, 2.05) is 0 Å². The van der Waals surface area contributed by atoms with Gasteiger partial charge in [0.2, 0.25) is 0 Å². The van der Waals surface area contributed by atoms with Crippen LogP contribution in [0.4, 0.5) is 14.5 Å². The van der Waals surface area contributed by atoms with Crippen molar-refractivity contribution in [2.45, 2.75) is 56.8 Å². The predicted octanol–water partition coefficient (Wildman–Crippen LogP) is 7.89. The van der Waals surface area contributed by atoms with Gasteiger partial charge in [-0.15, -0.1) is 0 Å². The summed E-state index contributed by atoms with van der Waals surface area (Å²) in [6, 6.07) is 15.0. The molecule has 3 atom stereocenters. The number of esters is 1. The molecule has 3 saturated heterocycles. The smallest absolute Gasteiger partial charge is 0.387 e. The number of carbonyl (C=O) groups excluding carboxylic acids is 1. The summed E-state index contributed by atoms with van der Waals surface area (Å²) in [7, 11) is 1.51. The van der Waals surface area contributed by atoms with Crippen LogP contribution in [-0.2, 0) is 16.0 Å². The van der Waals surface area contributed by atoms with E-state index in [-0.39, 0.29) is 63.6 Å². The van der Waals surface area contributed by atoms with Crippen molar-refractivity contribution < 1.29 is 47.2 Å². The molecule has 4 heterocycles. The van der Waals surface area contributed by atoms with Crippen LogP contribution < -0.4 is 24.3 Å². The largest absolute Gasteiger partial charge is 0.619 e. The number of carboxylic acid groups (broad SMARTS) is 1. The molecule has 1 aliphatic carbocycles. The molecule has 11 nitrogen and oxygen atoms in total. The Morgan fingerprint density at radius 3 is 2.34 bits per heavy atom. The van der Waals surface area contributed by atoms with Gasteiger partial charge in [0.15, 0.2) is 29.9 Å². The molecule has 3 aromatic carbocycles. The van der Waals surface area contributed by atoms with Gasteiger partial charge < -0.3 is 34.6 Å². The molecule has 3 aliphatic heterocycles. The number of nitrogens with one attached hydrogen (secondary N) is 1. The first-order valence-electron chi connectivity index (χ1n) is 18.4. The minimum absolute atomic E-state index is 0.0170. The van der Waals surface area contributed by atoms with Crippen LogP contribution in [0.1, 0.15) is 70.3 Å². The first kappa shape index (κ1) is 39.4. The third kappa shape index (κ3) is 9.06. The van der Waals surface area contributed by atoms with Crippen LogP contribution in [0.2, 0.25) is 10.0 Å². The zero-order chi connectivity index (χ0) is 39.5. The van der Waals surface area contributed by atoms with Crippen LogP contribution in [0.5, 0.6) is 17.2 Å². The maximum Gasteiger partial charge on any atom is 0.387 e. The minimum atomic E-state index is -3.12. The van der Waals surface area contributed by atoms with E-state index in [4.69, 9.17) is 42.1 Å². The number of halogens is 4. The van der Waals surface area contributed by atoms with Gasteiger partial charge in [-0.3, -0.25) is 4.90 Å². The summed E-state index contributed by atoms with van der Waals surface area (Å²) < 4.78 is 50.1. The first-order chi connectivity index (χ1) is 27.0. The summed E-state index contributed by atoms with van der Waals surface area (Å²) in [4.78, 5) is 29.4.